The molecule has 2 rings (SSSR count). The van der Waals surface area contributed by atoms with E-state index in [-0.39, 0.29) is 11.0 Å². The normalized spacial score (nSPS) is 23.7. The van der Waals surface area contributed by atoms with Crippen molar-refractivity contribution in [3.63, 3.8) is 0 Å². The molecule has 0 heterocycles. The molecule has 20 heavy (non-hydrogen) atoms. The second-order valence-electron chi connectivity index (χ2n) is 5.50. The van der Waals surface area contributed by atoms with Gasteiger partial charge in [-0.2, -0.15) is 0 Å². The molecule has 0 atom stereocenters. The van der Waals surface area contributed by atoms with Crippen molar-refractivity contribution in [3.05, 3.63) is 23.8 Å². The summed E-state index contributed by atoms with van der Waals surface area (Å²) in [6.45, 7) is 2.13. The number of aliphatic hydroxyl groups is 1. The van der Waals surface area contributed by atoms with Gasteiger partial charge in [-0.1, -0.05) is 6.07 Å². The molecule has 5 nitrogen and oxygen atoms in total. The summed E-state index contributed by atoms with van der Waals surface area (Å²) in [7, 11) is -3.52. The van der Waals surface area contributed by atoms with Gasteiger partial charge in [-0.15, -0.1) is 0 Å². The molecule has 4 N–H and O–H groups in total. The average Bonchev–Trinajstić information content (AvgIpc) is 2.41. The maximum absolute atomic E-state index is 12.3. The molecule has 1 aliphatic rings. The zero-order valence-electron chi connectivity index (χ0n) is 11.7. The minimum atomic E-state index is -3.52. The van der Waals surface area contributed by atoms with Gasteiger partial charge in [0.1, 0.15) is 0 Å². The van der Waals surface area contributed by atoms with Crippen LogP contribution < -0.4 is 10.5 Å². The van der Waals surface area contributed by atoms with Gasteiger partial charge < -0.3 is 10.8 Å². The summed E-state index contributed by atoms with van der Waals surface area (Å²) in [5.41, 5.74) is 6.81. The van der Waals surface area contributed by atoms with E-state index in [2.05, 4.69) is 4.72 Å². The topological polar surface area (TPSA) is 92.4 Å². The van der Waals surface area contributed by atoms with E-state index in [4.69, 9.17) is 5.73 Å². The molecule has 0 radical (unpaired) electrons. The second kappa shape index (κ2) is 6.11. The lowest BCUT2D eigenvalue weighted by molar-refractivity contribution is 0.109. The van der Waals surface area contributed by atoms with Crippen LogP contribution in [0.25, 0.3) is 0 Å². The van der Waals surface area contributed by atoms with Crippen molar-refractivity contribution >= 4 is 15.7 Å². The highest BCUT2D eigenvalue weighted by molar-refractivity contribution is 7.89. The number of hydrogen-bond donors (Lipinski definition) is 3. The van der Waals surface area contributed by atoms with Crippen molar-refractivity contribution in [2.45, 2.75) is 43.6 Å². The Morgan fingerprint density at radius 1 is 1.30 bits per heavy atom. The molecule has 0 unspecified atom stereocenters. The second-order valence-corrected chi connectivity index (χ2v) is 7.23. The molecule has 0 spiro atoms. The van der Waals surface area contributed by atoms with Crippen LogP contribution in [0.1, 0.15) is 31.2 Å². The maximum atomic E-state index is 12.3. The largest absolute Gasteiger partial charge is 0.398 e. The third-order valence-corrected chi connectivity index (χ3v) is 5.56. The van der Waals surface area contributed by atoms with Crippen LogP contribution in [0.5, 0.6) is 0 Å². The molecule has 0 saturated heterocycles. The SMILES string of the molecule is Cc1c(N)cccc1S(=O)(=O)NCC1CCC(O)CC1. The Bertz CT molecular complexity index is 564. The monoisotopic (exact) mass is 298 g/mol. The van der Waals surface area contributed by atoms with Crippen LogP contribution in [0.4, 0.5) is 5.69 Å². The summed E-state index contributed by atoms with van der Waals surface area (Å²) in [6.07, 6.45) is 3.01. The Hall–Kier alpha value is -1.11. The number of benzene rings is 1. The third kappa shape index (κ3) is 3.50. The van der Waals surface area contributed by atoms with E-state index in [0.717, 1.165) is 25.7 Å². The van der Waals surface area contributed by atoms with Gasteiger partial charge in [0.2, 0.25) is 10.0 Å². The van der Waals surface area contributed by atoms with E-state index in [1.807, 2.05) is 0 Å². The quantitative estimate of drug-likeness (QED) is 0.733. The molecular formula is C14H22N2O3S. The van der Waals surface area contributed by atoms with Gasteiger partial charge >= 0.3 is 0 Å². The summed E-state index contributed by atoms with van der Waals surface area (Å²) >= 11 is 0. The van der Waals surface area contributed by atoms with Crippen LogP contribution in [-0.4, -0.2) is 26.2 Å². The highest BCUT2D eigenvalue weighted by Gasteiger charge is 2.23. The number of nitrogens with two attached hydrogens (primary N) is 1. The highest BCUT2D eigenvalue weighted by atomic mass is 32.2. The van der Waals surface area contributed by atoms with Crippen molar-refractivity contribution in [3.8, 4) is 0 Å². The first-order valence-corrected chi connectivity index (χ1v) is 8.41. The Morgan fingerprint density at radius 2 is 1.95 bits per heavy atom. The molecule has 0 aliphatic heterocycles. The van der Waals surface area contributed by atoms with Gasteiger partial charge in [0.25, 0.3) is 0 Å². The number of hydrogen-bond acceptors (Lipinski definition) is 4. The van der Waals surface area contributed by atoms with Gasteiger partial charge in [0, 0.05) is 12.2 Å². The maximum Gasteiger partial charge on any atom is 0.240 e. The minimum absolute atomic E-state index is 0.223. The van der Waals surface area contributed by atoms with Crippen LogP contribution in [0, 0.1) is 12.8 Å². The average molecular weight is 298 g/mol. The summed E-state index contributed by atoms with van der Waals surface area (Å²) in [5, 5.41) is 9.45. The summed E-state index contributed by atoms with van der Waals surface area (Å²) in [6, 6.07) is 4.91. The molecule has 112 valence electrons. The summed E-state index contributed by atoms with van der Waals surface area (Å²) in [4.78, 5) is 0.244. The molecule has 1 aromatic carbocycles. The molecule has 1 aromatic rings. The van der Waals surface area contributed by atoms with Gasteiger partial charge in [0.05, 0.1) is 11.0 Å². The molecular weight excluding hydrogens is 276 g/mol. The van der Waals surface area contributed by atoms with Gasteiger partial charge in [0.15, 0.2) is 0 Å². The Kier molecular flexibility index (Phi) is 4.67. The lowest BCUT2D eigenvalue weighted by Gasteiger charge is -2.25. The molecule has 1 aliphatic carbocycles. The predicted molar refractivity (Wildman–Crippen MR) is 78.7 cm³/mol. The molecule has 1 fully saturated rings. The zero-order valence-corrected chi connectivity index (χ0v) is 12.5. The van der Waals surface area contributed by atoms with Crippen molar-refractivity contribution in [2.75, 3.05) is 12.3 Å². The van der Waals surface area contributed by atoms with Crippen molar-refractivity contribution in [1.29, 1.82) is 0 Å². The molecule has 0 bridgehead atoms. The minimum Gasteiger partial charge on any atom is -0.398 e. The molecule has 6 heteroatoms. The first kappa shape index (κ1) is 15.3. The molecule has 0 amide bonds. The van der Waals surface area contributed by atoms with Gasteiger partial charge in [-0.25, -0.2) is 13.1 Å². The van der Waals surface area contributed by atoms with E-state index < -0.39 is 10.0 Å². The zero-order chi connectivity index (χ0) is 14.8. The smallest absolute Gasteiger partial charge is 0.240 e. The van der Waals surface area contributed by atoms with Crippen molar-refractivity contribution < 1.29 is 13.5 Å². The van der Waals surface area contributed by atoms with Crippen LogP contribution in [0.15, 0.2) is 23.1 Å². The predicted octanol–water partition coefficient (Wildman–Crippen LogP) is 1.41. The number of nitrogen functional groups attached to an aromatic ring is 1. The van der Waals surface area contributed by atoms with Crippen molar-refractivity contribution in [2.24, 2.45) is 5.92 Å². The summed E-state index contributed by atoms with van der Waals surface area (Å²) < 4.78 is 27.3. The van der Waals surface area contributed by atoms with Crippen molar-refractivity contribution in [1.82, 2.24) is 4.72 Å². The van der Waals surface area contributed by atoms with E-state index >= 15 is 0 Å². The van der Waals surface area contributed by atoms with Crippen LogP contribution >= 0.6 is 0 Å². The number of rotatable bonds is 4. The fourth-order valence-corrected chi connectivity index (χ4v) is 3.97. The fraction of sp³-hybridized carbons (Fsp3) is 0.571. The third-order valence-electron chi connectivity index (χ3n) is 3.99. The standard InChI is InChI=1S/C14H22N2O3S/c1-10-13(15)3-2-4-14(10)20(18,19)16-9-11-5-7-12(17)8-6-11/h2-4,11-12,16-17H,5-9,15H2,1H3. The Morgan fingerprint density at radius 3 is 2.60 bits per heavy atom. The first-order valence-electron chi connectivity index (χ1n) is 6.93. The lowest BCUT2D eigenvalue weighted by atomic mass is 9.88. The summed E-state index contributed by atoms with van der Waals surface area (Å²) in [5.74, 6) is 0.301. The highest BCUT2D eigenvalue weighted by Crippen LogP contribution is 2.25. The molecule has 0 aromatic heterocycles. The van der Waals surface area contributed by atoms with E-state index in [9.17, 15) is 13.5 Å². The van der Waals surface area contributed by atoms with Crippen LogP contribution in [-0.2, 0) is 10.0 Å². The lowest BCUT2D eigenvalue weighted by Crippen LogP contribution is -2.32. The van der Waals surface area contributed by atoms with Gasteiger partial charge in [-0.3, -0.25) is 0 Å². The number of sulfonamides is 1. The molecule has 1 saturated carbocycles. The fourth-order valence-electron chi connectivity index (χ4n) is 2.58. The van der Waals surface area contributed by atoms with Crippen LogP contribution in [0.2, 0.25) is 0 Å². The number of aliphatic hydroxyl groups excluding tert-OH is 1. The number of nitrogens with one attached hydrogen (secondary N) is 1. The Balaban J connectivity index is 2.03. The van der Waals surface area contributed by atoms with E-state index in [1.54, 1.807) is 25.1 Å². The van der Waals surface area contributed by atoms with Gasteiger partial charge in [-0.05, 0) is 56.2 Å². The number of anilines is 1. The van der Waals surface area contributed by atoms with Crippen LogP contribution in [0.3, 0.4) is 0 Å². The van der Waals surface area contributed by atoms with E-state index in [1.165, 1.54) is 0 Å². The van der Waals surface area contributed by atoms with E-state index in [0.29, 0.717) is 23.7 Å². The first-order chi connectivity index (χ1) is 9.40. The Labute approximate surface area is 120 Å².